The third kappa shape index (κ3) is 4.85. The maximum Gasteiger partial charge on any atom is 0.260 e. The molecule has 2 aliphatic rings. The Morgan fingerprint density at radius 1 is 1.14 bits per heavy atom. The van der Waals surface area contributed by atoms with Crippen LogP contribution in [0.25, 0.3) is 0 Å². The lowest BCUT2D eigenvalue weighted by atomic mass is 9.83. The number of hydrogen-bond donors (Lipinski definition) is 1. The van der Waals surface area contributed by atoms with E-state index in [1.807, 2.05) is 35.2 Å². The van der Waals surface area contributed by atoms with Crippen molar-refractivity contribution in [1.29, 1.82) is 0 Å². The summed E-state index contributed by atoms with van der Waals surface area (Å²) in [6, 6.07) is 9.32. The average Bonchev–Trinajstić information content (AvgIpc) is 3.17. The fourth-order valence-electron chi connectivity index (χ4n) is 4.45. The summed E-state index contributed by atoms with van der Waals surface area (Å²) in [5.41, 5.74) is -0.115. The van der Waals surface area contributed by atoms with Gasteiger partial charge in [-0.15, -0.1) is 0 Å². The zero-order chi connectivity index (χ0) is 20.0. The van der Waals surface area contributed by atoms with Gasteiger partial charge in [0.1, 0.15) is 5.75 Å². The molecule has 154 valence electrons. The van der Waals surface area contributed by atoms with E-state index in [0.717, 1.165) is 25.8 Å². The van der Waals surface area contributed by atoms with Crippen molar-refractivity contribution >= 4 is 11.8 Å². The van der Waals surface area contributed by atoms with E-state index in [9.17, 15) is 14.7 Å². The van der Waals surface area contributed by atoms with Crippen molar-refractivity contribution in [3.8, 4) is 5.75 Å². The Kier molecular flexibility index (Phi) is 6.94. The highest BCUT2D eigenvalue weighted by atomic mass is 16.5. The first-order chi connectivity index (χ1) is 13.6. The molecule has 2 heterocycles. The number of nitrogens with zero attached hydrogens (tertiary/aromatic N) is 2. The van der Waals surface area contributed by atoms with Gasteiger partial charge >= 0.3 is 0 Å². The smallest absolute Gasteiger partial charge is 0.260 e. The Hall–Kier alpha value is -2.08. The fraction of sp³-hybridized carbons (Fsp3) is 0.636. The van der Waals surface area contributed by atoms with E-state index in [1.54, 1.807) is 4.90 Å². The summed E-state index contributed by atoms with van der Waals surface area (Å²) in [5, 5.41) is 9.79. The minimum Gasteiger partial charge on any atom is -0.484 e. The van der Waals surface area contributed by atoms with E-state index in [-0.39, 0.29) is 36.4 Å². The Morgan fingerprint density at radius 3 is 2.50 bits per heavy atom. The number of aliphatic hydroxyl groups excluding tert-OH is 1. The van der Waals surface area contributed by atoms with Crippen LogP contribution >= 0.6 is 0 Å². The van der Waals surface area contributed by atoms with Crippen LogP contribution in [0.3, 0.4) is 0 Å². The number of carbonyl (C=O) groups is 2. The summed E-state index contributed by atoms with van der Waals surface area (Å²) in [7, 11) is 0. The molecule has 0 bridgehead atoms. The number of amides is 2. The van der Waals surface area contributed by atoms with Gasteiger partial charge in [0, 0.05) is 37.5 Å². The van der Waals surface area contributed by atoms with E-state index < -0.39 is 0 Å². The molecule has 0 aromatic heterocycles. The monoisotopic (exact) mass is 388 g/mol. The molecule has 2 saturated heterocycles. The molecule has 1 N–H and O–H groups in total. The lowest BCUT2D eigenvalue weighted by Gasteiger charge is -2.34. The molecular weight excluding hydrogens is 356 g/mol. The zero-order valence-electron chi connectivity index (χ0n) is 16.8. The Morgan fingerprint density at radius 2 is 1.86 bits per heavy atom. The molecule has 1 aromatic rings. The normalized spacial score (nSPS) is 23.1. The first-order valence-corrected chi connectivity index (χ1v) is 10.4. The lowest BCUT2D eigenvalue weighted by Crippen LogP contribution is -2.45. The molecule has 2 aliphatic heterocycles. The van der Waals surface area contributed by atoms with Crippen LogP contribution < -0.4 is 4.74 Å². The number of para-hydroxylation sites is 1. The van der Waals surface area contributed by atoms with Crippen LogP contribution in [0.15, 0.2) is 30.3 Å². The zero-order valence-corrected chi connectivity index (χ0v) is 16.8. The third-order valence-electron chi connectivity index (χ3n) is 6.17. The Bertz CT molecular complexity index is 658. The van der Waals surface area contributed by atoms with Gasteiger partial charge in [0.15, 0.2) is 6.61 Å². The number of benzene rings is 1. The van der Waals surface area contributed by atoms with Crippen LogP contribution in [0.1, 0.15) is 39.0 Å². The lowest BCUT2D eigenvalue weighted by molar-refractivity contribution is -0.141. The highest BCUT2D eigenvalue weighted by molar-refractivity contribution is 5.81. The standard InChI is InChI=1S/C22H32N2O4/c1-2-10-22(17-25)11-14-24(16-22)21(27)18-8-12-23(13-9-18)20(26)15-28-19-6-4-3-5-7-19/h3-7,18,25H,2,8-17H2,1H3. The van der Waals surface area contributed by atoms with Crippen LogP contribution in [0.4, 0.5) is 0 Å². The van der Waals surface area contributed by atoms with Crippen LogP contribution in [-0.2, 0) is 9.59 Å². The maximum absolute atomic E-state index is 12.9. The Balaban J connectivity index is 1.44. The highest BCUT2D eigenvalue weighted by Gasteiger charge is 2.41. The van der Waals surface area contributed by atoms with E-state index >= 15 is 0 Å². The second kappa shape index (κ2) is 9.41. The van der Waals surface area contributed by atoms with Crippen LogP contribution in [0.2, 0.25) is 0 Å². The molecule has 0 aliphatic carbocycles. The summed E-state index contributed by atoms with van der Waals surface area (Å²) in [5.74, 6) is 0.835. The van der Waals surface area contributed by atoms with Gasteiger partial charge < -0.3 is 19.6 Å². The van der Waals surface area contributed by atoms with E-state index in [4.69, 9.17) is 4.74 Å². The van der Waals surface area contributed by atoms with E-state index in [1.165, 1.54) is 0 Å². The van der Waals surface area contributed by atoms with Gasteiger partial charge in [-0.05, 0) is 37.8 Å². The molecule has 2 fully saturated rings. The van der Waals surface area contributed by atoms with Crippen molar-refractivity contribution in [1.82, 2.24) is 9.80 Å². The van der Waals surface area contributed by atoms with Crippen LogP contribution in [-0.4, -0.2) is 66.1 Å². The molecule has 0 spiro atoms. The number of ether oxygens (including phenoxy) is 1. The minimum absolute atomic E-state index is 0.0183. The maximum atomic E-state index is 12.9. The van der Waals surface area contributed by atoms with Gasteiger partial charge in [0.05, 0.1) is 6.61 Å². The number of likely N-dealkylation sites (tertiary alicyclic amines) is 2. The highest BCUT2D eigenvalue weighted by Crippen LogP contribution is 2.36. The van der Waals surface area contributed by atoms with Gasteiger partial charge in [-0.3, -0.25) is 9.59 Å². The summed E-state index contributed by atoms with van der Waals surface area (Å²) >= 11 is 0. The molecule has 1 unspecified atom stereocenters. The van der Waals surface area contributed by atoms with Gasteiger partial charge in [-0.2, -0.15) is 0 Å². The van der Waals surface area contributed by atoms with Gasteiger partial charge in [-0.25, -0.2) is 0 Å². The molecule has 0 saturated carbocycles. The molecule has 1 aromatic carbocycles. The predicted octanol–water partition coefficient (Wildman–Crippen LogP) is 2.32. The molecule has 6 nitrogen and oxygen atoms in total. The number of carbonyl (C=O) groups excluding carboxylic acids is 2. The predicted molar refractivity (Wildman–Crippen MR) is 107 cm³/mol. The molecule has 2 amide bonds. The second-order valence-electron chi connectivity index (χ2n) is 8.17. The molecule has 0 radical (unpaired) electrons. The SMILES string of the molecule is CCCC1(CO)CCN(C(=O)C2CCN(C(=O)COc3ccccc3)CC2)C1. The summed E-state index contributed by atoms with van der Waals surface area (Å²) in [6.07, 6.45) is 4.27. The van der Waals surface area contributed by atoms with Gasteiger partial charge in [0.2, 0.25) is 5.91 Å². The topological polar surface area (TPSA) is 70.1 Å². The summed E-state index contributed by atoms with van der Waals surface area (Å²) < 4.78 is 5.54. The van der Waals surface area contributed by atoms with Gasteiger partial charge in [-0.1, -0.05) is 31.5 Å². The third-order valence-corrected chi connectivity index (χ3v) is 6.17. The van der Waals surface area contributed by atoms with E-state index in [0.29, 0.717) is 38.2 Å². The molecule has 6 heteroatoms. The van der Waals surface area contributed by atoms with Crippen LogP contribution in [0.5, 0.6) is 5.75 Å². The van der Waals surface area contributed by atoms with Crippen LogP contribution in [0, 0.1) is 11.3 Å². The molecule has 28 heavy (non-hydrogen) atoms. The van der Waals surface area contributed by atoms with Crippen molar-refractivity contribution in [2.45, 2.75) is 39.0 Å². The largest absolute Gasteiger partial charge is 0.484 e. The fourth-order valence-corrected chi connectivity index (χ4v) is 4.45. The minimum atomic E-state index is -0.115. The van der Waals surface area contributed by atoms with Crippen molar-refractivity contribution < 1.29 is 19.4 Å². The first kappa shape index (κ1) is 20.6. The molecular formula is C22H32N2O4. The summed E-state index contributed by atoms with van der Waals surface area (Å²) in [6.45, 7) is 4.91. The van der Waals surface area contributed by atoms with Crippen molar-refractivity contribution in [3.63, 3.8) is 0 Å². The number of aliphatic hydroxyl groups is 1. The number of hydrogen-bond acceptors (Lipinski definition) is 4. The molecule has 1 atom stereocenters. The summed E-state index contributed by atoms with van der Waals surface area (Å²) in [4.78, 5) is 29.0. The first-order valence-electron chi connectivity index (χ1n) is 10.4. The van der Waals surface area contributed by atoms with E-state index in [2.05, 4.69) is 6.92 Å². The van der Waals surface area contributed by atoms with Crippen molar-refractivity contribution in [3.05, 3.63) is 30.3 Å². The van der Waals surface area contributed by atoms with Crippen molar-refractivity contribution in [2.24, 2.45) is 11.3 Å². The average molecular weight is 389 g/mol. The number of rotatable bonds is 7. The number of piperidine rings is 1. The quantitative estimate of drug-likeness (QED) is 0.778. The van der Waals surface area contributed by atoms with Gasteiger partial charge in [0.25, 0.3) is 5.91 Å². The Labute approximate surface area is 167 Å². The second-order valence-corrected chi connectivity index (χ2v) is 8.17. The van der Waals surface area contributed by atoms with Crippen molar-refractivity contribution in [2.75, 3.05) is 39.4 Å². The molecule has 3 rings (SSSR count).